The molecule has 0 amide bonds. The molecule has 1 unspecified atom stereocenters. The van der Waals surface area contributed by atoms with Crippen LogP contribution in [0.2, 0.25) is 0 Å². The Morgan fingerprint density at radius 1 is 1.00 bits per heavy atom. The molecule has 1 aliphatic carbocycles. The SMILES string of the molecule is CN[C@@H]1[C@H](O)[C@H](NC)[C@H]2O[C@]3(O)[C@H](OC2[C@H]1O)O[C@H](C)C[C@]3(O)CNCc1ccc(F)cc1. The maximum atomic E-state index is 13.2. The third-order valence-corrected chi connectivity index (χ3v) is 7.01. The van der Waals surface area contributed by atoms with Crippen molar-refractivity contribution in [1.29, 1.82) is 0 Å². The van der Waals surface area contributed by atoms with Gasteiger partial charge in [0.15, 0.2) is 0 Å². The molecule has 0 spiro atoms. The first-order valence-corrected chi connectivity index (χ1v) is 11.2. The Morgan fingerprint density at radius 2 is 1.67 bits per heavy atom. The first kappa shape index (κ1) is 24.9. The zero-order valence-corrected chi connectivity index (χ0v) is 18.9. The molecule has 10 nitrogen and oxygen atoms in total. The summed E-state index contributed by atoms with van der Waals surface area (Å²) in [6.07, 6.45) is -5.87. The summed E-state index contributed by atoms with van der Waals surface area (Å²) < 4.78 is 31.0. The van der Waals surface area contributed by atoms with Gasteiger partial charge in [-0.05, 0) is 38.7 Å². The summed E-state index contributed by atoms with van der Waals surface area (Å²) in [6, 6.07) is 4.55. The van der Waals surface area contributed by atoms with Crippen molar-refractivity contribution in [2.75, 3.05) is 20.6 Å². The van der Waals surface area contributed by atoms with Crippen LogP contribution < -0.4 is 16.0 Å². The number of fused-ring (bicyclic) bond motifs is 2. The highest BCUT2D eigenvalue weighted by molar-refractivity contribution is 5.16. The summed E-state index contributed by atoms with van der Waals surface area (Å²) >= 11 is 0. The van der Waals surface area contributed by atoms with Crippen LogP contribution in [0, 0.1) is 5.82 Å². The Morgan fingerprint density at radius 3 is 2.30 bits per heavy atom. The normalized spacial score (nSPS) is 45.3. The first-order chi connectivity index (χ1) is 15.6. The van der Waals surface area contributed by atoms with Crippen LogP contribution in [0.25, 0.3) is 0 Å². The molecule has 7 N–H and O–H groups in total. The van der Waals surface area contributed by atoms with E-state index < -0.39 is 60.3 Å². The molecule has 11 heteroatoms. The Balaban J connectivity index is 1.56. The summed E-state index contributed by atoms with van der Waals surface area (Å²) in [5, 5.41) is 53.7. The van der Waals surface area contributed by atoms with E-state index in [1.54, 1.807) is 33.2 Å². The molecule has 2 aliphatic heterocycles. The average molecular weight is 472 g/mol. The second-order valence-corrected chi connectivity index (χ2v) is 9.23. The highest BCUT2D eigenvalue weighted by Crippen LogP contribution is 2.46. The average Bonchev–Trinajstić information content (AvgIpc) is 2.76. The second-order valence-electron chi connectivity index (χ2n) is 9.23. The van der Waals surface area contributed by atoms with E-state index in [1.807, 2.05) is 0 Å². The lowest BCUT2D eigenvalue weighted by Crippen LogP contribution is -2.81. The van der Waals surface area contributed by atoms with E-state index in [9.17, 15) is 24.8 Å². The van der Waals surface area contributed by atoms with Crippen LogP contribution in [0.4, 0.5) is 4.39 Å². The fraction of sp³-hybridized carbons (Fsp3) is 0.727. The molecule has 0 radical (unpaired) electrons. The van der Waals surface area contributed by atoms with Crippen LogP contribution in [-0.4, -0.2) is 101 Å². The van der Waals surface area contributed by atoms with Gasteiger partial charge in [0.1, 0.15) is 29.7 Å². The number of nitrogens with one attached hydrogen (secondary N) is 3. The molecule has 3 fully saturated rings. The summed E-state index contributed by atoms with van der Waals surface area (Å²) in [7, 11) is 3.25. The molecule has 1 saturated carbocycles. The summed E-state index contributed by atoms with van der Waals surface area (Å²) in [4.78, 5) is 0. The number of halogens is 1. The van der Waals surface area contributed by atoms with Crippen molar-refractivity contribution < 1.29 is 39.0 Å². The molecule has 1 aromatic rings. The fourth-order valence-electron chi connectivity index (χ4n) is 5.24. The Hall–Kier alpha value is -1.25. The van der Waals surface area contributed by atoms with Gasteiger partial charge in [-0.25, -0.2) is 4.39 Å². The van der Waals surface area contributed by atoms with E-state index in [0.717, 1.165) is 5.56 Å². The zero-order valence-electron chi connectivity index (χ0n) is 18.9. The van der Waals surface area contributed by atoms with Crippen molar-refractivity contribution in [3.8, 4) is 0 Å². The van der Waals surface area contributed by atoms with Crippen LogP contribution in [0.15, 0.2) is 24.3 Å². The van der Waals surface area contributed by atoms with Crippen LogP contribution >= 0.6 is 0 Å². The smallest absolute Gasteiger partial charge is 0.249 e. The number of likely N-dealkylation sites (N-methyl/N-ethyl adjacent to an activating group) is 2. The van der Waals surface area contributed by atoms with Crippen molar-refractivity contribution in [3.63, 3.8) is 0 Å². The minimum Gasteiger partial charge on any atom is -0.390 e. The van der Waals surface area contributed by atoms with Gasteiger partial charge in [-0.2, -0.15) is 0 Å². The molecule has 33 heavy (non-hydrogen) atoms. The number of ether oxygens (including phenoxy) is 3. The lowest BCUT2D eigenvalue weighted by atomic mass is 9.77. The molecule has 1 aromatic carbocycles. The summed E-state index contributed by atoms with van der Waals surface area (Å²) in [5.74, 6) is -2.61. The minimum absolute atomic E-state index is 0.0473. The molecular weight excluding hydrogens is 437 g/mol. The Bertz CT molecular complexity index is 820. The number of benzene rings is 1. The Labute approximate surface area is 192 Å². The molecule has 10 atom stereocenters. The van der Waals surface area contributed by atoms with Gasteiger partial charge in [0.2, 0.25) is 12.1 Å². The van der Waals surface area contributed by atoms with Gasteiger partial charge in [0.05, 0.1) is 24.3 Å². The van der Waals surface area contributed by atoms with Gasteiger partial charge in [0, 0.05) is 19.5 Å². The van der Waals surface area contributed by atoms with Gasteiger partial charge >= 0.3 is 0 Å². The standard InChI is InChI=1S/C22H34FN3O7/c1-11-8-21(29,10-26-9-12-4-6-13(23)7-5-12)22(30)20(31-11)32-19-17(28)14(24-2)16(27)15(25-3)18(19)33-22/h4-7,11,14-20,24-30H,8-10H2,1-3H3/t11-,14-,15+,16+,17+,18-,19?,20+,21+,22-/m1/s1. The van der Waals surface area contributed by atoms with Gasteiger partial charge in [-0.15, -0.1) is 0 Å². The van der Waals surface area contributed by atoms with E-state index in [0.29, 0.717) is 6.54 Å². The first-order valence-electron chi connectivity index (χ1n) is 11.2. The van der Waals surface area contributed by atoms with Crippen molar-refractivity contribution in [1.82, 2.24) is 16.0 Å². The molecule has 0 aromatic heterocycles. The highest BCUT2D eigenvalue weighted by atomic mass is 19.1. The Kier molecular flexibility index (Phi) is 7.10. The molecule has 186 valence electrons. The van der Waals surface area contributed by atoms with Crippen LogP contribution in [-0.2, 0) is 20.8 Å². The topological polar surface area (TPSA) is 145 Å². The maximum absolute atomic E-state index is 13.2. The van der Waals surface area contributed by atoms with E-state index in [2.05, 4.69) is 16.0 Å². The second kappa shape index (κ2) is 9.42. The van der Waals surface area contributed by atoms with Crippen molar-refractivity contribution in [2.45, 2.75) is 80.2 Å². The van der Waals surface area contributed by atoms with Gasteiger partial charge in [-0.1, -0.05) is 12.1 Å². The third kappa shape index (κ3) is 4.31. The van der Waals surface area contributed by atoms with Crippen LogP contribution in [0.1, 0.15) is 18.9 Å². The number of hydrogen-bond acceptors (Lipinski definition) is 10. The van der Waals surface area contributed by atoms with Gasteiger partial charge in [0.25, 0.3) is 0 Å². The predicted octanol–water partition coefficient (Wildman–Crippen LogP) is -1.83. The van der Waals surface area contributed by atoms with Crippen molar-refractivity contribution >= 4 is 0 Å². The third-order valence-electron chi connectivity index (χ3n) is 7.01. The van der Waals surface area contributed by atoms with E-state index in [4.69, 9.17) is 14.2 Å². The highest BCUT2D eigenvalue weighted by Gasteiger charge is 2.68. The van der Waals surface area contributed by atoms with Gasteiger partial charge < -0.3 is 50.6 Å². The maximum Gasteiger partial charge on any atom is 0.249 e. The molecule has 0 bridgehead atoms. The van der Waals surface area contributed by atoms with E-state index in [-0.39, 0.29) is 18.8 Å². The summed E-state index contributed by atoms with van der Waals surface area (Å²) in [6.45, 7) is 2.00. The summed E-state index contributed by atoms with van der Waals surface area (Å²) in [5.41, 5.74) is -1.01. The molecule has 3 aliphatic rings. The van der Waals surface area contributed by atoms with Crippen LogP contribution in [0.3, 0.4) is 0 Å². The lowest BCUT2D eigenvalue weighted by molar-refractivity contribution is -0.482. The van der Waals surface area contributed by atoms with E-state index in [1.165, 1.54) is 12.1 Å². The predicted molar refractivity (Wildman–Crippen MR) is 114 cm³/mol. The lowest BCUT2D eigenvalue weighted by Gasteiger charge is -2.60. The quantitative estimate of drug-likeness (QED) is 0.253. The van der Waals surface area contributed by atoms with Crippen molar-refractivity contribution in [3.05, 3.63) is 35.6 Å². The molecule has 2 saturated heterocycles. The molecule has 2 heterocycles. The molecular formula is C22H34FN3O7. The number of aliphatic hydroxyl groups is 4. The van der Waals surface area contributed by atoms with Crippen LogP contribution in [0.5, 0.6) is 0 Å². The fourth-order valence-corrected chi connectivity index (χ4v) is 5.24. The number of rotatable bonds is 6. The van der Waals surface area contributed by atoms with Crippen molar-refractivity contribution in [2.24, 2.45) is 0 Å². The zero-order chi connectivity index (χ0) is 24.0. The van der Waals surface area contributed by atoms with Gasteiger partial charge in [-0.3, -0.25) is 0 Å². The molecule has 4 rings (SSSR count). The number of aliphatic hydroxyl groups excluding tert-OH is 2. The number of hydrogen-bond donors (Lipinski definition) is 7. The minimum atomic E-state index is -2.27. The van der Waals surface area contributed by atoms with E-state index >= 15 is 0 Å². The largest absolute Gasteiger partial charge is 0.390 e. The monoisotopic (exact) mass is 471 g/mol.